The van der Waals surface area contributed by atoms with Gasteiger partial charge in [0.05, 0.1) is 0 Å². The Morgan fingerprint density at radius 2 is 1.95 bits per heavy atom. The fourth-order valence-electron chi connectivity index (χ4n) is 1.87. The van der Waals surface area contributed by atoms with Crippen LogP contribution in [0, 0.1) is 0 Å². The zero-order valence-corrected chi connectivity index (χ0v) is 11.1. The molecule has 1 aromatic heterocycles. The van der Waals surface area contributed by atoms with Crippen LogP contribution in [0.5, 0.6) is 0 Å². The Hall–Kier alpha value is -2.63. The van der Waals surface area contributed by atoms with Crippen molar-refractivity contribution >= 4 is 28.3 Å². The number of nitrogens with zero attached hydrogens (tertiary/aromatic N) is 1. The molecule has 0 atom stereocenters. The molecular formula is C14H16N4O2. The summed E-state index contributed by atoms with van der Waals surface area (Å²) < 4.78 is 0. The first-order chi connectivity index (χ1) is 9.58. The van der Waals surface area contributed by atoms with Crippen LogP contribution >= 0.6 is 0 Å². The van der Waals surface area contributed by atoms with Crippen molar-refractivity contribution < 1.29 is 9.59 Å². The molecule has 0 aliphatic carbocycles. The van der Waals surface area contributed by atoms with Gasteiger partial charge in [0.25, 0.3) is 5.91 Å². The van der Waals surface area contributed by atoms with Crippen LogP contribution in [0.25, 0.3) is 10.8 Å². The van der Waals surface area contributed by atoms with Crippen molar-refractivity contribution in [2.45, 2.75) is 6.92 Å². The predicted molar refractivity (Wildman–Crippen MR) is 77.2 cm³/mol. The van der Waals surface area contributed by atoms with Gasteiger partial charge in [0.2, 0.25) is 5.91 Å². The first-order valence-corrected chi connectivity index (χ1v) is 6.25. The van der Waals surface area contributed by atoms with Gasteiger partial charge < -0.3 is 16.4 Å². The molecule has 0 unspecified atom stereocenters. The number of hydrogen-bond donors (Lipinski definition) is 3. The van der Waals surface area contributed by atoms with Gasteiger partial charge in [0.1, 0.15) is 5.69 Å². The zero-order valence-electron chi connectivity index (χ0n) is 11.1. The van der Waals surface area contributed by atoms with Gasteiger partial charge in [-0.05, 0) is 23.6 Å². The molecule has 1 aromatic carbocycles. The van der Waals surface area contributed by atoms with Gasteiger partial charge in [0.15, 0.2) is 0 Å². The SMILES string of the molecule is CC(=O)NCCNC(=O)c1nccc2ccc(N)cc12. The van der Waals surface area contributed by atoms with Crippen molar-refractivity contribution in [3.05, 3.63) is 36.2 Å². The lowest BCUT2D eigenvalue weighted by atomic mass is 10.1. The first kappa shape index (κ1) is 13.8. The van der Waals surface area contributed by atoms with E-state index in [0.29, 0.717) is 29.9 Å². The quantitative estimate of drug-likeness (QED) is 0.563. The van der Waals surface area contributed by atoms with Gasteiger partial charge in [-0.15, -0.1) is 0 Å². The number of rotatable bonds is 4. The third kappa shape index (κ3) is 3.23. The molecule has 4 N–H and O–H groups in total. The van der Waals surface area contributed by atoms with Gasteiger partial charge in [-0.25, -0.2) is 0 Å². The van der Waals surface area contributed by atoms with E-state index in [-0.39, 0.29) is 11.8 Å². The van der Waals surface area contributed by atoms with Crippen LogP contribution in [-0.4, -0.2) is 29.9 Å². The molecule has 2 amide bonds. The van der Waals surface area contributed by atoms with E-state index >= 15 is 0 Å². The molecule has 0 saturated carbocycles. The summed E-state index contributed by atoms with van der Waals surface area (Å²) in [6.07, 6.45) is 1.58. The van der Waals surface area contributed by atoms with E-state index in [4.69, 9.17) is 5.73 Å². The number of carbonyl (C=O) groups excluding carboxylic acids is 2. The number of fused-ring (bicyclic) bond motifs is 1. The molecule has 0 spiro atoms. The fraction of sp³-hybridized carbons (Fsp3) is 0.214. The van der Waals surface area contributed by atoms with E-state index in [2.05, 4.69) is 15.6 Å². The minimum absolute atomic E-state index is 0.129. The number of carbonyl (C=O) groups is 2. The standard InChI is InChI=1S/C14H16N4O2/c1-9(19)16-6-7-18-14(20)13-12-8-11(15)3-2-10(12)4-5-17-13/h2-5,8H,6-7,15H2,1H3,(H,16,19)(H,18,20). The second-order valence-corrected chi connectivity index (χ2v) is 4.38. The summed E-state index contributed by atoms with van der Waals surface area (Å²) in [5.41, 5.74) is 6.65. The van der Waals surface area contributed by atoms with Crippen molar-refractivity contribution in [1.82, 2.24) is 15.6 Å². The molecule has 20 heavy (non-hydrogen) atoms. The maximum Gasteiger partial charge on any atom is 0.270 e. The third-order valence-electron chi connectivity index (χ3n) is 2.79. The van der Waals surface area contributed by atoms with Gasteiger partial charge in [0, 0.05) is 37.3 Å². The molecule has 1 heterocycles. The van der Waals surface area contributed by atoms with Crippen LogP contribution in [0.15, 0.2) is 30.5 Å². The molecule has 0 bridgehead atoms. The maximum absolute atomic E-state index is 12.1. The van der Waals surface area contributed by atoms with Gasteiger partial charge >= 0.3 is 0 Å². The number of benzene rings is 1. The molecule has 104 valence electrons. The third-order valence-corrected chi connectivity index (χ3v) is 2.79. The van der Waals surface area contributed by atoms with E-state index in [1.165, 1.54) is 6.92 Å². The highest BCUT2D eigenvalue weighted by atomic mass is 16.2. The van der Waals surface area contributed by atoms with E-state index < -0.39 is 0 Å². The second kappa shape index (κ2) is 6.01. The lowest BCUT2D eigenvalue weighted by molar-refractivity contribution is -0.118. The van der Waals surface area contributed by atoms with Gasteiger partial charge in [-0.2, -0.15) is 0 Å². The molecule has 0 aliphatic rings. The average Bonchev–Trinajstić information content (AvgIpc) is 2.42. The number of pyridine rings is 1. The predicted octanol–water partition coefficient (Wildman–Crippen LogP) is 0.683. The Morgan fingerprint density at radius 1 is 1.20 bits per heavy atom. The van der Waals surface area contributed by atoms with E-state index in [1.807, 2.05) is 12.1 Å². The highest BCUT2D eigenvalue weighted by Gasteiger charge is 2.11. The molecule has 6 heteroatoms. The molecule has 0 saturated heterocycles. The average molecular weight is 272 g/mol. The van der Waals surface area contributed by atoms with Crippen LogP contribution in [0.4, 0.5) is 5.69 Å². The number of amides is 2. The molecule has 0 radical (unpaired) electrons. The number of anilines is 1. The summed E-state index contributed by atoms with van der Waals surface area (Å²) in [6.45, 7) is 2.16. The van der Waals surface area contributed by atoms with Crippen molar-refractivity contribution in [2.24, 2.45) is 0 Å². The van der Waals surface area contributed by atoms with Crippen LogP contribution in [0.2, 0.25) is 0 Å². The number of nitrogen functional groups attached to an aromatic ring is 1. The molecule has 6 nitrogen and oxygen atoms in total. The van der Waals surface area contributed by atoms with Crippen LogP contribution in [-0.2, 0) is 4.79 Å². The molecule has 0 fully saturated rings. The second-order valence-electron chi connectivity index (χ2n) is 4.38. The van der Waals surface area contributed by atoms with Crippen LogP contribution in [0.1, 0.15) is 17.4 Å². The van der Waals surface area contributed by atoms with Gasteiger partial charge in [-0.1, -0.05) is 6.07 Å². The smallest absolute Gasteiger partial charge is 0.270 e. The molecule has 2 rings (SSSR count). The fourth-order valence-corrected chi connectivity index (χ4v) is 1.87. The highest BCUT2D eigenvalue weighted by Crippen LogP contribution is 2.19. The Kier molecular flexibility index (Phi) is 4.14. The van der Waals surface area contributed by atoms with Crippen molar-refractivity contribution in [1.29, 1.82) is 0 Å². The number of nitrogens with one attached hydrogen (secondary N) is 2. The minimum Gasteiger partial charge on any atom is -0.399 e. The van der Waals surface area contributed by atoms with Crippen molar-refractivity contribution in [3.63, 3.8) is 0 Å². The Morgan fingerprint density at radius 3 is 2.70 bits per heavy atom. The highest BCUT2D eigenvalue weighted by molar-refractivity contribution is 6.05. The minimum atomic E-state index is -0.286. The zero-order chi connectivity index (χ0) is 14.5. The summed E-state index contributed by atoms with van der Waals surface area (Å²) in [7, 11) is 0. The molecule has 2 aromatic rings. The Balaban J connectivity index is 2.13. The van der Waals surface area contributed by atoms with Crippen LogP contribution < -0.4 is 16.4 Å². The number of hydrogen-bond acceptors (Lipinski definition) is 4. The largest absolute Gasteiger partial charge is 0.399 e. The lowest BCUT2D eigenvalue weighted by Gasteiger charge is -2.08. The summed E-state index contributed by atoms with van der Waals surface area (Å²) in [5.74, 6) is -0.415. The molecular weight excluding hydrogens is 256 g/mol. The van der Waals surface area contributed by atoms with E-state index in [0.717, 1.165) is 5.39 Å². The topological polar surface area (TPSA) is 97.1 Å². The van der Waals surface area contributed by atoms with Crippen molar-refractivity contribution in [3.8, 4) is 0 Å². The summed E-state index contributed by atoms with van der Waals surface area (Å²) in [4.78, 5) is 26.9. The maximum atomic E-state index is 12.1. The summed E-state index contributed by atoms with van der Waals surface area (Å²) in [6, 6.07) is 7.18. The van der Waals surface area contributed by atoms with Gasteiger partial charge in [-0.3, -0.25) is 14.6 Å². The van der Waals surface area contributed by atoms with Crippen molar-refractivity contribution in [2.75, 3.05) is 18.8 Å². The Labute approximate surface area is 116 Å². The summed E-state index contributed by atoms with van der Waals surface area (Å²) >= 11 is 0. The number of aromatic nitrogens is 1. The molecule has 0 aliphatic heterocycles. The van der Waals surface area contributed by atoms with Crippen LogP contribution in [0.3, 0.4) is 0 Å². The lowest BCUT2D eigenvalue weighted by Crippen LogP contribution is -2.34. The number of nitrogens with two attached hydrogens (primary N) is 1. The first-order valence-electron chi connectivity index (χ1n) is 6.25. The van der Waals surface area contributed by atoms with E-state index in [9.17, 15) is 9.59 Å². The summed E-state index contributed by atoms with van der Waals surface area (Å²) in [5, 5.41) is 6.93. The monoisotopic (exact) mass is 272 g/mol. The Bertz CT molecular complexity index is 655. The van der Waals surface area contributed by atoms with E-state index in [1.54, 1.807) is 18.3 Å². The normalized spacial score (nSPS) is 10.2.